The van der Waals surface area contributed by atoms with Crippen LogP contribution in [0.4, 0.5) is 4.79 Å². The predicted molar refractivity (Wildman–Crippen MR) is 51.3 cm³/mol. The summed E-state index contributed by atoms with van der Waals surface area (Å²) in [7, 11) is 0. The fraction of sp³-hybridized carbons (Fsp3) is 0.700. The molecule has 1 saturated carbocycles. The molecule has 0 aromatic heterocycles. The first-order valence-electron chi connectivity index (χ1n) is 4.68. The van der Waals surface area contributed by atoms with Crippen molar-refractivity contribution in [3.8, 4) is 12.3 Å². The Kier molecular flexibility index (Phi) is 3.37. The SMILES string of the molecule is C#CCC1(OC(N)=O)CCC(O)CC1. The smallest absolute Gasteiger partial charge is 0.405 e. The van der Waals surface area contributed by atoms with Gasteiger partial charge in [0.15, 0.2) is 0 Å². The van der Waals surface area contributed by atoms with Crippen LogP contribution in [0.2, 0.25) is 0 Å². The van der Waals surface area contributed by atoms with E-state index in [0.717, 1.165) is 0 Å². The van der Waals surface area contributed by atoms with E-state index in [1.54, 1.807) is 0 Å². The molecule has 0 aromatic rings. The Morgan fingerprint density at radius 3 is 2.64 bits per heavy atom. The van der Waals surface area contributed by atoms with Crippen LogP contribution in [-0.4, -0.2) is 22.9 Å². The summed E-state index contributed by atoms with van der Waals surface area (Å²) < 4.78 is 5.05. The number of hydrogen-bond donors (Lipinski definition) is 2. The second-order valence-corrected chi connectivity index (χ2v) is 3.72. The van der Waals surface area contributed by atoms with Crippen molar-refractivity contribution in [2.75, 3.05) is 0 Å². The molecule has 1 aliphatic carbocycles. The van der Waals surface area contributed by atoms with E-state index in [0.29, 0.717) is 32.1 Å². The van der Waals surface area contributed by atoms with Crippen molar-refractivity contribution in [2.45, 2.75) is 43.8 Å². The van der Waals surface area contributed by atoms with Crippen LogP contribution in [0, 0.1) is 12.3 Å². The molecule has 0 aromatic carbocycles. The molecular formula is C10H15NO3. The molecule has 1 rings (SSSR count). The standard InChI is InChI=1S/C10H15NO3/c1-2-5-10(14-9(11)13)6-3-8(12)4-7-10/h1,8,12H,3-7H2,(H2,11,13). The van der Waals surface area contributed by atoms with Crippen molar-refractivity contribution in [1.82, 2.24) is 0 Å². The number of carbonyl (C=O) groups excluding carboxylic acids is 1. The third kappa shape index (κ3) is 2.64. The van der Waals surface area contributed by atoms with Gasteiger partial charge in [0.25, 0.3) is 0 Å². The highest BCUT2D eigenvalue weighted by atomic mass is 16.6. The van der Waals surface area contributed by atoms with Gasteiger partial charge in [0.2, 0.25) is 0 Å². The van der Waals surface area contributed by atoms with Crippen LogP contribution < -0.4 is 5.73 Å². The molecule has 0 atom stereocenters. The molecule has 1 aliphatic rings. The molecule has 0 bridgehead atoms. The van der Waals surface area contributed by atoms with Crippen LogP contribution in [0.25, 0.3) is 0 Å². The monoisotopic (exact) mass is 197 g/mol. The Morgan fingerprint density at radius 2 is 2.21 bits per heavy atom. The second-order valence-electron chi connectivity index (χ2n) is 3.72. The number of hydrogen-bond acceptors (Lipinski definition) is 3. The number of rotatable bonds is 2. The molecule has 78 valence electrons. The minimum absolute atomic E-state index is 0.308. The Balaban J connectivity index is 2.63. The van der Waals surface area contributed by atoms with Crippen LogP contribution in [0.5, 0.6) is 0 Å². The number of amides is 1. The van der Waals surface area contributed by atoms with Gasteiger partial charge in [0, 0.05) is 6.42 Å². The Labute approximate surface area is 83.4 Å². The van der Waals surface area contributed by atoms with Crippen LogP contribution in [0.3, 0.4) is 0 Å². The number of ether oxygens (including phenoxy) is 1. The van der Waals surface area contributed by atoms with Crippen LogP contribution in [0.15, 0.2) is 0 Å². The Hall–Kier alpha value is -1.21. The van der Waals surface area contributed by atoms with Crippen molar-refractivity contribution < 1.29 is 14.6 Å². The molecule has 0 heterocycles. The van der Waals surface area contributed by atoms with Gasteiger partial charge in [0.05, 0.1) is 6.10 Å². The number of primary amides is 1. The first kappa shape index (κ1) is 10.9. The van der Waals surface area contributed by atoms with Crippen LogP contribution in [0.1, 0.15) is 32.1 Å². The fourth-order valence-electron chi connectivity index (χ4n) is 1.84. The van der Waals surface area contributed by atoms with E-state index >= 15 is 0 Å². The van der Waals surface area contributed by atoms with Gasteiger partial charge in [-0.3, -0.25) is 0 Å². The van der Waals surface area contributed by atoms with Gasteiger partial charge in [-0.25, -0.2) is 4.79 Å². The van der Waals surface area contributed by atoms with Gasteiger partial charge in [-0.2, -0.15) is 0 Å². The molecule has 14 heavy (non-hydrogen) atoms. The summed E-state index contributed by atoms with van der Waals surface area (Å²) in [4.78, 5) is 10.7. The van der Waals surface area contributed by atoms with Crippen molar-refractivity contribution >= 4 is 6.09 Å². The zero-order chi connectivity index (χ0) is 10.6. The van der Waals surface area contributed by atoms with Gasteiger partial charge < -0.3 is 15.6 Å². The molecule has 1 fully saturated rings. The maximum Gasteiger partial charge on any atom is 0.405 e. The molecule has 3 N–H and O–H groups in total. The van der Waals surface area contributed by atoms with Crippen LogP contribution in [-0.2, 0) is 4.74 Å². The zero-order valence-electron chi connectivity index (χ0n) is 8.03. The van der Waals surface area contributed by atoms with Crippen molar-refractivity contribution in [2.24, 2.45) is 5.73 Å². The second kappa shape index (κ2) is 4.34. The normalized spacial score (nSPS) is 31.9. The van der Waals surface area contributed by atoms with Crippen molar-refractivity contribution in [1.29, 1.82) is 0 Å². The molecule has 0 saturated heterocycles. The number of carbonyl (C=O) groups is 1. The molecule has 1 amide bonds. The van der Waals surface area contributed by atoms with E-state index in [4.69, 9.17) is 16.9 Å². The lowest BCUT2D eigenvalue weighted by Crippen LogP contribution is -2.41. The summed E-state index contributed by atoms with van der Waals surface area (Å²) in [6, 6.07) is 0. The first-order chi connectivity index (χ1) is 6.58. The summed E-state index contributed by atoms with van der Waals surface area (Å²) >= 11 is 0. The van der Waals surface area contributed by atoms with E-state index in [-0.39, 0.29) is 6.10 Å². The average molecular weight is 197 g/mol. The highest BCUT2D eigenvalue weighted by molar-refractivity contribution is 5.65. The maximum absolute atomic E-state index is 10.7. The molecule has 4 nitrogen and oxygen atoms in total. The zero-order valence-corrected chi connectivity index (χ0v) is 8.03. The van der Waals surface area contributed by atoms with E-state index < -0.39 is 11.7 Å². The van der Waals surface area contributed by atoms with Gasteiger partial charge in [-0.05, 0) is 25.7 Å². The number of nitrogens with two attached hydrogens (primary N) is 1. The molecule has 4 heteroatoms. The number of aliphatic hydroxyl groups is 1. The maximum atomic E-state index is 10.7. The topological polar surface area (TPSA) is 72.5 Å². The average Bonchev–Trinajstić information content (AvgIpc) is 2.10. The van der Waals surface area contributed by atoms with Gasteiger partial charge in [-0.1, -0.05) is 0 Å². The summed E-state index contributed by atoms with van der Waals surface area (Å²) in [5.74, 6) is 2.48. The van der Waals surface area contributed by atoms with Crippen LogP contribution >= 0.6 is 0 Å². The van der Waals surface area contributed by atoms with Crippen molar-refractivity contribution in [3.63, 3.8) is 0 Å². The highest BCUT2D eigenvalue weighted by Crippen LogP contribution is 2.34. The Morgan fingerprint density at radius 1 is 1.64 bits per heavy atom. The van der Waals surface area contributed by atoms with E-state index in [1.807, 2.05) is 0 Å². The molecule has 0 unspecified atom stereocenters. The number of terminal acetylenes is 1. The molecule has 0 aliphatic heterocycles. The highest BCUT2D eigenvalue weighted by Gasteiger charge is 2.37. The molecule has 0 spiro atoms. The minimum atomic E-state index is -0.795. The largest absolute Gasteiger partial charge is 0.442 e. The summed E-state index contributed by atoms with van der Waals surface area (Å²) in [5.41, 5.74) is 4.34. The lowest BCUT2D eigenvalue weighted by atomic mass is 9.81. The first-order valence-corrected chi connectivity index (χ1v) is 4.68. The lowest BCUT2D eigenvalue weighted by molar-refractivity contribution is -0.0369. The minimum Gasteiger partial charge on any atom is -0.442 e. The van der Waals surface area contributed by atoms with E-state index in [9.17, 15) is 9.90 Å². The van der Waals surface area contributed by atoms with Crippen molar-refractivity contribution in [3.05, 3.63) is 0 Å². The number of aliphatic hydroxyl groups excluding tert-OH is 1. The predicted octanol–water partition coefficient (Wildman–Crippen LogP) is 0.779. The van der Waals surface area contributed by atoms with Gasteiger partial charge in [0.1, 0.15) is 5.60 Å². The third-order valence-corrected chi connectivity index (χ3v) is 2.61. The van der Waals surface area contributed by atoms with Gasteiger partial charge >= 0.3 is 6.09 Å². The summed E-state index contributed by atoms with van der Waals surface area (Å²) in [5, 5.41) is 9.32. The third-order valence-electron chi connectivity index (χ3n) is 2.61. The molecule has 0 radical (unpaired) electrons. The summed E-state index contributed by atoms with van der Waals surface area (Å²) in [6.45, 7) is 0. The van der Waals surface area contributed by atoms with Gasteiger partial charge in [-0.15, -0.1) is 12.3 Å². The van der Waals surface area contributed by atoms with E-state index in [2.05, 4.69) is 5.92 Å². The lowest BCUT2D eigenvalue weighted by Gasteiger charge is -2.36. The quantitative estimate of drug-likeness (QED) is 0.642. The summed E-state index contributed by atoms with van der Waals surface area (Å²) in [6.07, 6.45) is 6.85. The fourth-order valence-corrected chi connectivity index (χ4v) is 1.84. The molecular weight excluding hydrogens is 182 g/mol. The van der Waals surface area contributed by atoms with E-state index in [1.165, 1.54) is 0 Å². The Bertz CT molecular complexity index is 249.